The molecule has 0 heterocycles. The Morgan fingerprint density at radius 3 is 2.50 bits per heavy atom. The number of rotatable bonds is 3. The van der Waals surface area contributed by atoms with E-state index in [0.29, 0.717) is 0 Å². The molecule has 1 aliphatic carbocycles. The molecule has 1 aromatic rings. The lowest BCUT2D eigenvalue weighted by atomic mass is 10.2. The maximum atomic E-state index is 4.27. The smallest absolute Gasteiger partial charge is 0.0943 e. The highest BCUT2D eigenvalue weighted by atomic mass is 79.9. The molecule has 0 radical (unpaired) electrons. The molecular weight excluding hydrogens is 290 g/mol. The molecule has 0 spiro atoms. The monoisotopic (exact) mass is 303 g/mol. The van der Waals surface area contributed by atoms with E-state index in [1.54, 1.807) is 0 Å². The van der Waals surface area contributed by atoms with E-state index in [1.807, 2.05) is 67.7 Å². The molecule has 3 nitrogen and oxygen atoms in total. The number of azo groups is 1. The predicted molar refractivity (Wildman–Crippen MR) is 77.7 cm³/mol. The van der Waals surface area contributed by atoms with Crippen molar-refractivity contribution in [3.8, 4) is 0 Å². The molecule has 2 rings (SSSR count). The van der Waals surface area contributed by atoms with Gasteiger partial charge in [0.1, 0.15) is 0 Å². The highest BCUT2D eigenvalue weighted by Gasteiger charge is 2.05. The molecule has 92 valence electrons. The van der Waals surface area contributed by atoms with E-state index in [0.717, 1.165) is 21.4 Å². The van der Waals surface area contributed by atoms with E-state index in [1.165, 1.54) is 0 Å². The second-order valence-electron chi connectivity index (χ2n) is 4.14. The van der Waals surface area contributed by atoms with Gasteiger partial charge in [-0.05, 0) is 30.3 Å². The van der Waals surface area contributed by atoms with Crippen LogP contribution in [0.25, 0.3) is 0 Å². The third kappa shape index (κ3) is 3.40. The molecule has 0 fully saturated rings. The summed E-state index contributed by atoms with van der Waals surface area (Å²) in [7, 11) is 3.98. The molecule has 0 N–H and O–H groups in total. The summed E-state index contributed by atoms with van der Waals surface area (Å²) in [4.78, 5) is 1.99. The number of nitrogens with zero attached hydrogens (tertiary/aromatic N) is 3. The number of benzene rings is 1. The zero-order valence-corrected chi connectivity index (χ0v) is 11.9. The van der Waals surface area contributed by atoms with Gasteiger partial charge < -0.3 is 4.90 Å². The van der Waals surface area contributed by atoms with Gasteiger partial charge in [0.25, 0.3) is 0 Å². The first-order valence-corrected chi connectivity index (χ1v) is 6.39. The summed E-state index contributed by atoms with van der Waals surface area (Å²) in [5.41, 5.74) is 2.79. The number of hydrogen-bond acceptors (Lipinski definition) is 3. The first-order chi connectivity index (χ1) is 8.65. The van der Waals surface area contributed by atoms with Crippen molar-refractivity contribution < 1.29 is 0 Å². The summed E-state index contributed by atoms with van der Waals surface area (Å²) in [5.74, 6) is 0. The normalized spacial score (nSPS) is 16.6. The van der Waals surface area contributed by atoms with Crippen LogP contribution in [0.5, 0.6) is 0 Å². The number of allylic oxidation sites excluding steroid dienone is 3. The molecule has 0 saturated heterocycles. The fraction of sp³-hybridized carbons (Fsp3) is 0.143. The van der Waals surface area contributed by atoms with E-state index in [9.17, 15) is 0 Å². The molecule has 4 heteroatoms. The van der Waals surface area contributed by atoms with Crippen LogP contribution in [0.15, 0.2) is 74.7 Å². The quantitative estimate of drug-likeness (QED) is 0.759. The van der Waals surface area contributed by atoms with Crippen LogP contribution in [-0.2, 0) is 0 Å². The van der Waals surface area contributed by atoms with Crippen LogP contribution in [-0.4, -0.2) is 19.0 Å². The maximum absolute atomic E-state index is 4.27. The Kier molecular flexibility index (Phi) is 4.10. The molecule has 0 bridgehead atoms. The Bertz CT molecular complexity index is 537. The van der Waals surface area contributed by atoms with Gasteiger partial charge >= 0.3 is 0 Å². The van der Waals surface area contributed by atoms with Gasteiger partial charge in [-0.25, -0.2) is 0 Å². The van der Waals surface area contributed by atoms with Crippen molar-refractivity contribution in [2.24, 2.45) is 10.2 Å². The van der Waals surface area contributed by atoms with Gasteiger partial charge in [-0.2, -0.15) is 5.11 Å². The lowest BCUT2D eigenvalue weighted by molar-refractivity contribution is 0.560. The summed E-state index contributed by atoms with van der Waals surface area (Å²) >= 11 is 3.39. The zero-order chi connectivity index (χ0) is 13.0. The molecule has 0 aliphatic heterocycles. The molecule has 0 unspecified atom stereocenters. The van der Waals surface area contributed by atoms with E-state index < -0.39 is 0 Å². The molecule has 0 aromatic heterocycles. The first-order valence-electron chi connectivity index (χ1n) is 5.59. The molecule has 0 amide bonds. The van der Waals surface area contributed by atoms with E-state index >= 15 is 0 Å². The fourth-order valence-corrected chi connectivity index (χ4v) is 1.79. The largest absolute Gasteiger partial charge is 0.383 e. The number of hydrogen-bond donors (Lipinski definition) is 0. The lowest BCUT2D eigenvalue weighted by Crippen LogP contribution is -2.02. The summed E-state index contributed by atoms with van der Waals surface area (Å²) in [5, 5.41) is 8.49. The van der Waals surface area contributed by atoms with Crippen molar-refractivity contribution in [1.29, 1.82) is 0 Å². The van der Waals surface area contributed by atoms with Gasteiger partial charge in [-0.3, -0.25) is 0 Å². The van der Waals surface area contributed by atoms with Gasteiger partial charge in [-0.15, -0.1) is 5.11 Å². The topological polar surface area (TPSA) is 28.0 Å². The van der Waals surface area contributed by atoms with Crippen LogP contribution < -0.4 is 0 Å². The van der Waals surface area contributed by atoms with Gasteiger partial charge in [0.15, 0.2) is 0 Å². The predicted octanol–water partition coefficient (Wildman–Crippen LogP) is 4.43. The lowest BCUT2D eigenvalue weighted by Gasteiger charge is -2.06. The Morgan fingerprint density at radius 1 is 1.11 bits per heavy atom. The van der Waals surface area contributed by atoms with Gasteiger partial charge in [-0.1, -0.05) is 28.1 Å². The molecule has 18 heavy (non-hydrogen) atoms. The molecule has 0 saturated carbocycles. The van der Waals surface area contributed by atoms with Crippen LogP contribution >= 0.6 is 15.9 Å². The van der Waals surface area contributed by atoms with Crippen LogP contribution in [0.4, 0.5) is 5.69 Å². The molecule has 0 atom stereocenters. The minimum Gasteiger partial charge on any atom is -0.383 e. The van der Waals surface area contributed by atoms with Gasteiger partial charge in [0.05, 0.1) is 11.4 Å². The van der Waals surface area contributed by atoms with Crippen molar-refractivity contribution in [3.63, 3.8) is 0 Å². The van der Waals surface area contributed by atoms with Crippen molar-refractivity contribution >= 4 is 21.6 Å². The molecular formula is C14H14BrN3. The number of halogens is 1. The Morgan fingerprint density at radius 2 is 1.83 bits per heavy atom. The highest BCUT2D eigenvalue weighted by molar-refractivity contribution is 9.10. The van der Waals surface area contributed by atoms with Crippen LogP contribution in [0.2, 0.25) is 0 Å². The van der Waals surface area contributed by atoms with Gasteiger partial charge in [0, 0.05) is 30.3 Å². The minimum atomic E-state index is 0.843. The Hall–Kier alpha value is -1.68. The fourth-order valence-electron chi connectivity index (χ4n) is 1.52. The highest BCUT2D eigenvalue weighted by Crippen LogP contribution is 2.23. The second-order valence-corrected chi connectivity index (χ2v) is 5.05. The summed E-state index contributed by atoms with van der Waals surface area (Å²) < 4.78 is 1.04. The minimum absolute atomic E-state index is 0.843. The standard InChI is InChI=1S/C14H14BrN3/c1-18(2)10-11-4-3-5-14(11)17-16-13-8-6-12(15)7-9-13/h3-10H,1-2H3/b11-10+,17-16?. The summed E-state index contributed by atoms with van der Waals surface area (Å²) in [6.07, 6.45) is 7.98. The molecule has 1 aromatic carbocycles. The van der Waals surface area contributed by atoms with Gasteiger partial charge in [0.2, 0.25) is 0 Å². The maximum Gasteiger partial charge on any atom is 0.0943 e. The molecule has 1 aliphatic rings. The van der Waals surface area contributed by atoms with Crippen molar-refractivity contribution in [1.82, 2.24) is 4.90 Å². The Labute approximate surface area is 115 Å². The average molecular weight is 304 g/mol. The van der Waals surface area contributed by atoms with Crippen molar-refractivity contribution in [2.45, 2.75) is 0 Å². The Balaban J connectivity index is 2.12. The van der Waals surface area contributed by atoms with Crippen LogP contribution in [0, 0.1) is 0 Å². The van der Waals surface area contributed by atoms with E-state index in [4.69, 9.17) is 0 Å². The second kappa shape index (κ2) is 5.78. The van der Waals surface area contributed by atoms with Crippen molar-refractivity contribution in [3.05, 3.63) is 64.4 Å². The average Bonchev–Trinajstić information content (AvgIpc) is 2.75. The third-order valence-corrected chi connectivity index (χ3v) is 2.85. The van der Waals surface area contributed by atoms with Crippen LogP contribution in [0.1, 0.15) is 0 Å². The van der Waals surface area contributed by atoms with E-state index in [2.05, 4.69) is 26.2 Å². The van der Waals surface area contributed by atoms with Crippen molar-refractivity contribution in [2.75, 3.05) is 14.1 Å². The third-order valence-electron chi connectivity index (χ3n) is 2.32. The van der Waals surface area contributed by atoms with E-state index in [-0.39, 0.29) is 0 Å². The SMILES string of the molecule is CN(C)/C=C1\C=CC=C1N=Nc1ccc(Br)cc1. The zero-order valence-electron chi connectivity index (χ0n) is 10.3. The van der Waals surface area contributed by atoms with Crippen LogP contribution in [0.3, 0.4) is 0 Å². The first kappa shape index (κ1) is 12.8. The summed E-state index contributed by atoms with van der Waals surface area (Å²) in [6.45, 7) is 0. The summed E-state index contributed by atoms with van der Waals surface area (Å²) in [6, 6.07) is 7.75.